The Bertz CT molecular complexity index is 1310. The van der Waals surface area contributed by atoms with Gasteiger partial charge in [-0.15, -0.1) is 0 Å². The smallest absolute Gasteiger partial charge is 0.288 e. The monoisotopic (exact) mass is 604 g/mol. The van der Waals surface area contributed by atoms with Gasteiger partial charge in [0, 0.05) is 12.1 Å². The number of hydrogen-bond donors (Lipinski definition) is 2. The molecule has 0 unspecified atom stereocenters. The third kappa shape index (κ3) is 10.5. The zero-order valence-electron chi connectivity index (χ0n) is 25.5. The summed E-state index contributed by atoms with van der Waals surface area (Å²) >= 11 is 0. The standard InChI is InChI=1S/C34H44N4O6/c1-2-3-5-13-29(23-38(26-39)43-24-27-11-6-4-7-12-27)33(40)35-25-36-34(41)32-17-16-31(44-32)28-14-10-15-30(22-28)42-21-20-37-18-8-9-19-37/h4,6-7,10-12,14-17,22,26,29H,2-3,5,8-9,13,18-21,23-25H2,1H3,(H,35,40)(H,36,41)/t29-/m1/s1. The van der Waals surface area contributed by atoms with Crippen molar-refractivity contribution in [2.75, 3.05) is 39.5 Å². The number of amides is 3. The third-order valence-electron chi connectivity index (χ3n) is 7.62. The summed E-state index contributed by atoms with van der Waals surface area (Å²) in [5, 5.41) is 6.62. The number of carbonyl (C=O) groups excluding carboxylic acids is 3. The van der Waals surface area contributed by atoms with E-state index >= 15 is 0 Å². The van der Waals surface area contributed by atoms with Crippen LogP contribution in [0.3, 0.4) is 0 Å². The van der Waals surface area contributed by atoms with Crippen molar-refractivity contribution in [1.82, 2.24) is 20.6 Å². The zero-order chi connectivity index (χ0) is 31.0. The van der Waals surface area contributed by atoms with Crippen LogP contribution in [0.1, 0.15) is 61.6 Å². The lowest BCUT2D eigenvalue weighted by Gasteiger charge is -2.23. The fourth-order valence-electron chi connectivity index (χ4n) is 5.12. The van der Waals surface area contributed by atoms with E-state index in [0.717, 1.165) is 55.8 Å². The largest absolute Gasteiger partial charge is 0.492 e. The molecule has 2 heterocycles. The molecule has 1 aliphatic heterocycles. The second-order valence-corrected chi connectivity index (χ2v) is 11.0. The zero-order valence-corrected chi connectivity index (χ0v) is 25.5. The Hall–Kier alpha value is -4.15. The molecule has 10 nitrogen and oxygen atoms in total. The molecule has 0 aliphatic carbocycles. The van der Waals surface area contributed by atoms with Gasteiger partial charge >= 0.3 is 0 Å². The molecule has 0 spiro atoms. The van der Waals surface area contributed by atoms with Gasteiger partial charge in [0.15, 0.2) is 5.76 Å². The summed E-state index contributed by atoms with van der Waals surface area (Å²) in [6.07, 6.45) is 6.51. The molecule has 10 heteroatoms. The molecule has 2 aromatic carbocycles. The number of likely N-dealkylation sites (tertiary alicyclic amines) is 1. The highest BCUT2D eigenvalue weighted by Gasteiger charge is 2.22. The van der Waals surface area contributed by atoms with Crippen LogP contribution >= 0.6 is 0 Å². The second kappa shape index (κ2) is 17.8. The van der Waals surface area contributed by atoms with Gasteiger partial charge in [-0.3, -0.25) is 24.1 Å². The summed E-state index contributed by atoms with van der Waals surface area (Å²) in [6.45, 7) is 6.13. The van der Waals surface area contributed by atoms with Crippen LogP contribution in [0.25, 0.3) is 11.3 Å². The predicted octanol–water partition coefficient (Wildman–Crippen LogP) is 5.01. The van der Waals surface area contributed by atoms with Gasteiger partial charge in [-0.2, -0.15) is 0 Å². The van der Waals surface area contributed by atoms with Crippen LogP contribution < -0.4 is 15.4 Å². The van der Waals surface area contributed by atoms with Crippen LogP contribution in [0.15, 0.2) is 71.1 Å². The predicted molar refractivity (Wildman–Crippen MR) is 167 cm³/mol. The van der Waals surface area contributed by atoms with E-state index in [1.165, 1.54) is 17.9 Å². The number of unbranched alkanes of at least 4 members (excludes halogenated alkanes) is 2. The summed E-state index contributed by atoms with van der Waals surface area (Å²) in [5.74, 6) is 0.231. The molecule has 0 radical (unpaired) electrons. The Morgan fingerprint density at radius 1 is 1.02 bits per heavy atom. The Balaban J connectivity index is 1.25. The van der Waals surface area contributed by atoms with Crippen molar-refractivity contribution >= 4 is 18.2 Å². The van der Waals surface area contributed by atoms with E-state index in [1.807, 2.05) is 54.6 Å². The van der Waals surface area contributed by atoms with E-state index in [1.54, 1.807) is 12.1 Å². The van der Waals surface area contributed by atoms with E-state index in [-0.39, 0.29) is 31.5 Å². The highest BCUT2D eigenvalue weighted by Crippen LogP contribution is 2.26. The van der Waals surface area contributed by atoms with E-state index in [9.17, 15) is 14.4 Å². The number of nitrogens with zero attached hydrogens (tertiary/aromatic N) is 2. The molecule has 4 rings (SSSR count). The second-order valence-electron chi connectivity index (χ2n) is 11.0. The number of hydroxylamine groups is 2. The molecule has 0 bridgehead atoms. The first-order valence-electron chi connectivity index (χ1n) is 15.6. The van der Waals surface area contributed by atoms with Crippen LogP contribution in [0, 0.1) is 5.92 Å². The Morgan fingerprint density at radius 3 is 2.61 bits per heavy atom. The van der Waals surface area contributed by atoms with Crippen molar-refractivity contribution in [2.24, 2.45) is 5.92 Å². The number of nitrogens with one attached hydrogen (secondary N) is 2. The number of carbonyl (C=O) groups is 3. The topological polar surface area (TPSA) is 113 Å². The third-order valence-corrected chi connectivity index (χ3v) is 7.62. The van der Waals surface area contributed by atoms with Crippen molar-refractivity contribution in [2.45, 2.75) is 52.1 Å². The molecule has 44 heavy (non-hydrogen) atoms. The van der Waals surface area contributed by atoms with Crippen LogP contribution in [-0.2, 0) is 21.0 Å². The first kappa shape index (κ1) is 32.8. The lowest BCUT2D eigenvalue weighted by molar-refractivity contribution is -0.182. The lowest BCUT2D eigenvalue weighted by atomic mass is 10.0. The maximum atomic E-state index is 13.1. The van der Waals surface area contributed by atoms with Crippen molar-refractivity contribution in [3.05, 3.63) is 78.1 Å². The minimum absolute atomic E-state index is 0.0791. The van der Waals surface area contributed by atoms with Crippen molar-refractivity contribution in [1.29, 1.82) is 0 Å². The van der Waals surface area contributed by atoms with Gasteiger partial charge in [0.05, 0.1) is 19.1 Å². The van der Waals surface area contributed by atoms with Crippen LogP contribution in [-0.4, -0.2) is 67.6 Å². The Labute approximate surface area is 259 Å². The molecular weight excluding hydrogens is 560 g/mol. The lowest BCUT2D eigenvalue weighted by Crippen LogP contribution is -2.43. The van der Waals surface area contributed by atoms with Gasteiger partial charge in [-0.05, 0) is 62.2 Å². The minimum atomic E-state index is -0.487. The molecule has 3 amide bonds. The van der Waals surface area contributed by atoms with E-state index in [0.29, 0.717) is 25.2 Å². The van der Waals surface area contributed by atoms with E-state index in [2.05, 4.69) is 22.5 Å². The number of rotatable bonds is 19. The highest BCUT2D eigenvalue weighted by atomic mass is 16.7. The number of benzene rings is 2. The fourth-order valence-corrected chi connectivity index (χ4v) is 5.12. The van der Waals surface area contributed by atoms with Crippen molar-refractivity contribution in [3.63, 3.8) is 0 Å². The van der Waals surface area contributed by atoms with Gasteiger partial charge in [-0.1, -0.05) is 68.7 Å². The van der Waals surface area contributed by atoms with E-state index in [4.69, 9.17) is 14.0 Å². The molecule has 1 saturated heterocycles. The van der Waals surface area contributed by atoms with Gasteiger partial charge in [0.2, 0.25) is 12.3 Å². The maximum Gasteiger partial charge on any atom is 0.288 e. The summed E-state index contributed by atoms with van der Waals surface area (Å²) in [7, 11) is 0. The molecule has 1 fully saturated rings. The molecule has 0 saturated carbocycles. The number of hydrogen-bond acceptors (Lipinski definition) is 7. The molecular formula is C34H44N4O6. The van der Waals surface area contributed by atoms with Gasteiger partial charge < -0.3 is 19.8 Å². The summed E-state index contributed by atoms with van der Waals surface area (Å²) in [5.41, 5.74) is 1.73. The van der Waals surface area contributed by atoms with E-state index < -0.39 is 11.8 Å². The first-order valence-corrected chi connectivity index (χ1v) is 15.6. The number of ether oxygens (including phenoxy) is 1. The molecule has 3 aromatic rings. The Morgan fingerprint density at radius 2 is 1.84 bits per heavy atom. The average molecular weight is 605 g/mol. The highest BCUT2D eigenvalue weighted by molar-refractivity contribution is 5.92. The van der Waals surface area contributed by atoms with Crippen molar-refractivity contribution in [3.8, 4) is 17.1 Å². The van der Waals surface area contributed by atoms with Crippen molar-refractivity contribution < 1.29 is 28.4 Å². The normalized spacial score (nSPS) is 13.8. The molecule has 1 aliphatic rings. The van der Waals surface area contributed by atoms with Crippen LogP contribution in [0.5, 0.6) is 5.75 Å². The minimum Gasteiger partial charge on any atom is -0.492 e. The van der Waals surface area contributed by atoms with Crippen LogP contribution in [0.2, 0.25) is 0 Å². The van der Waals surface area contributed by atoms with Crippen LogP contribution in [0.4, 0.5) is 0 Å². The number of furan rings is 1. The van der Waals surface area contributed by atoms with Gasteiger partial charge in [0.1, 0.15) is 24.7 Å². The summed E-state index contributed by atoms with van der Waals surface area (Å²) in [4.78, 5) is 45.6. The van der Waals surface area contributed by atoms with Gasteiger partial charge in [-0.25, -0.2) is 5.06 Å². The quantitative estimate of drug-likeness (QED) is 0.0856. The summed E-state index contributed by atoms with van der Waals surface area (Å²) < 4.78 is 11.8. The molecule has 1 atom stereocenters. The molecule has 1 aromatic heterocycles. The van der Waals surface area contributed by atoms with Gasteiger partial charge in [0.25, 0.3) is 5.91 Å². The maximum absolute atomic E-state index is 13.1. The summed E-state index contributed by atoms with van der Waals surface area (Å²) in [6, 6.07) is 20.5. The Kier molecular flexibility index (Phi) is 13.3. The molecule has 2 N–H and O–H groups in total. The molecule has 236 valence electrons. The fraction of sp³-hybridized carbons (Fsp3) is 0.441. The SMILES string of the molecule is CCCCC[C@H](CN(C=O)OCc1ccccc1)C(=O)NCNC(=O)c1ccc(-c2cccc(OCCN3CCCC3)c2)o1. The first-order chi connectivity index (χ1) is 21.6. The average Bonchev–Trinajstić information content (AvgIpc) is 3.76.